The molecule has 51 heavy (non-hydrogen) atoms. The second kappa shape index (κ2) is 18.8. The molecule has 2 unspecified atom stereocenters. The molecule has 8 N–H and O–H groups in total. The molecule has 8 amide bonds. The molecule has 0 aliphatic carbocycles. The molecule has 0 bridgehead atoms. The van der Waals surface area contributed by atoms with Crippen molar-refractivity contribution in [1.29, 1.82) is 0 Å². The van der Waals surface area contributed by atoms with Crippen LogP contribution in [0.1, 0.15) is 36.8 Å². The molecule has 2 saturated heterocycles. The molecule has 3 atom stereocenters. The zero-order chi connectivity index (χ0) is 36.6. The van der Waals surface area contributed by atoms with E-state index in [4.69, 9.17) is 0 Å². The minimum absolute atomic E-state index is 0.0972. The van der Waals surface area contributed by atoms with Crippen molar-refractivity contribution in [1.82, 2.24) is 42.5 Å². The smallest absolute Gasteiger partial charge is 0.242 e. The summed E-state index contributed by atoms with van der Waals surface area (Å²) >= 11 is 0. The van der Waals surface area contributed by atoms with Crippen LogP contribution in [0.3, 0.4) is 0 Å². The van der Waals surface area contributed by atoms with Gasteiger partial charge in [0.05, 0.1) is 0 Å². The molecule has 2 aliphatic heterocycles. The van der Waals surface area contributed by atoms with E-state index >= 15 is 0 Å². The zero-order valence-electron chi connectivity index (χ0n) is 28.2. The second-order valence-corrected chi connectivity index (χ2v) is 12.3. The van der Waals surface area contributed by atoms with E-state index in [0.717, 1.165) is 11.1 Å². The van der Waals surface area contributed by atoms with Gasteiger partial charge >= 0.3 is 0 Å². The van der Waals surface area contributed by atoms with E-state index in [9.17, 15) is 38.4 Å². The summed E-state index contributed by atoms with van der Waals surface area (Å²) in [4.78, 5) is 105. The Kier molecular flexibility index (Phi) is 14.0. The molecule has 0 saturated carbocycles. The number of carbonyl (C=O) groups is 8. The Hall–Kier alpha value is -5.80. The Balaban J connectivity index is 1.51. The lowest BCUT2D eigenvalue weighted by Gasteiger charge is -2.31. The van der Waals surface area contributed by atoms with E-state index in [1.807, 2.05) is 36.4 Å². The maximum atomic E-state index is 13.8. The fourth-order valence-corrected chi connectivity index (χ4v) is 5.58. The maximum Gasteiger partial charge on any atom is 0.242 e. The van der Waals surface area contributed by atoms with Gasteiger partial charge in [0.1, 0.15) is 12.1 Å². The van der Waals surface area contributed by atoms with Gasteiger partial charge in [0.15, 0.2) is 5.41 Å². The maximum absolute atomic E-state index is 13.8. The van der Waals surface area contributed by atoms with Crippen LogP contribution >= 0.6 is 0 Å². The highest BCUT2D eigenvalue weighted by molar-refractivity contribution is 6.06. The summed E-state index contributed by atoms with van der Waals surface area (Å²) in [6, 6.07) is 16.2. The molecule has 2 aromatic rings. The summed E-state index contributed by atoms with van der Waals surface area (Å²) in [5, 5.41) is 20.9. The predicted octanol–water partition coefficient (Wildman–Crippen LogP) is -2.29. The first kappa shape index (κ1) is 38.0. The molecule has 2 heterocycles. The molecule has 16 heteroatoms. The van der Waals surface area contributed by atoms with Crippen LogP contribution in [0, 0.1) is 5.41 Å². The van der Waals surface area contributed by atoms with Crippen molar-refractivity contribution >= 4 is 47.3 Å². The number of benzene rings is 2. The molecule has 2 aromatic carbocycles. The van der Waals surface area contributed by atoms with Gasteiger partial charge in [-0.15, -0.1) is 0 Å². The average molecular weight is 705 g/mol. The van der Waals surface area contributed by atoms with Crippen LogP contribution in [0.5, 0.6) is 0 Å². The summed E-state index contributed by atoms with van der Waals surface area (Å²) < 4.78 is 0. The third-order valence-corrected chi connectivity index (χ3v) is 8.49. The van der Waals surface area contributed by atoms with E-state index in [-0.39, 0.29) is 64.7 Å². The highest BCUT2D eigenvalue weighted by Crippen LogP contribution is 2.18. The molecular weight excluding hydrogens is 660 g/mol. The summed E-state index contributed by atoms with van der Waals surface area (Å²) in [5.74, 6) is -5.03. The van der Waals surface area contributed by atoms with Crippen LogP contribution < -0.4 is 42.5 Å². The number of hydrogen-bond acceptors (Lipinski definition) is 8. The third-order valence-electron chi connectivity index (χ3n) is 8.49. The largest absolute Gasteiger partial charge is 0.355 e. The summed E-state index contributed by atoms with van der Waals surface area (Å²) in [5.41, 5.74) is -0.502. The fraction of sp³-hybridized carbons (Fsp3) is 0.429. The summed E-state index contributed by atoms with van der Waals surface area (Å²) in [6.45, 7) is -1.78. The Bertz CT molecular complexity index is 1470. The minimum Gasteiger partial charge on any atom is -0.355 e. The number of hydrogen-bond donors (Lipinski definition) is 8. The number of nitrogens with one attached hydrogen (secondary N) is 8. The molecule has 2 fully saturated rings. The van der Waals surface area contributed by atoms with E-state index in [0.29, 0.717) is 0 Å². The van der Waals surface area contributed by atoms with Crippen molar-refractivity contribution in [3.8, 4) is 0 Å². The van der Waals surface area contributed by atoms with Crippen molar-refractivity contribution in [3.63, 3.8) is 0 Å². The van der Waals surface area contributed by atoms with E-state index in [2.05, 4.69) is 42.5 Å². The standard InChI is InChI=1S/C35H44N8O8/c44-27-11-15-36-31(48)25(19-23-7-3-1-4-8-23)42-29(46)13-17-38-33(50)35(21-40-27)22-41-28(45)12-16-37-32(49)26(20-24-9-5-2-6-10-24)43-30(47)14-18-39-34(35)51/h1-10,25-26H,11-22H2,(H,36,48)(H,37,49)(H,38,50)(H,39,51)(H,40,44)(H,41,45)(H,42,46)(H,43,47)/t25-,26?,35?/m0/s1. The van der Waals surface area contributed by atoms with Crippen molar-refractivity contribution < 1.29 is 38.4 Å². The van der Waals surface area contributed by atoms with Crippen LogP contribution in [0.25, 0.3) is 0 Å². The first-order valence-electron chi connectivity index (χ1n) is 16.9. The normalized spacial score (nSPS) is 23.9. The van der Waals surface area contributed by atoms with Crippen molar-refractivity contribution in [3.05, 3.63) is 71.8 Å². The number of amides is 8. The van der Waals surface area contributed by atoms with Crippen LogP contribution in [-0.4, -0.2) is 98.6 Å². The van der Waals surface area contributed by atoms with Gasteiger partial charge in [-0.2, -0.15) is 0 Å². The first-order chi connectivity index (χ1) is 24.6. The van der Waals surface area contributed by atoms with Gasteiger partial charge in [-0.1, -0.05) is 60.7 Å². The summed E-state index contributed by atoms with van der Waals surface area (Å²) in [6.07, 6.45) is -0.541. The zero-order valence-corrected chi connectivity index (χ0v) is 28.2. The van der Waals surface area contributed by atoms with Gasteiger partial charge in [-0.3, -0.25) is 38.4 Å². The van der Waals surface area contributed by atoms with Gasteiger partial charge < -0.3 is 42.5 Å². The van der Waals surface area contributed by atoms with Gasteiger partial charge in [-0.05, 0) is 11.1 Å². The lowest BCUT2D eigenvalue weighted by molar-refractivity contribution is -0.143. The fourth-order valence-electron chi connectivity index (χ4n) is 5.58. The van der Waals surface area contributed by atoms with Crippen molar-refractivity contribution in [2.75, 3.05) is 39.3 Å². The monoisotopic (exact) mass is 704 g/mol. The highest BCUT2D eigenvalue weighted by atomic mass is 16.2. The van der Waals surface area contributed by atoms with Crippen molar-refractivity contribution in [2.24, 2.45) is 5.41 Å². The van der Waals surface area contributed by atoms with Crippen LogP contribution in [0.4, 0.5) is 0 Å². The molecule has 0 aromatic heterocycles. The Morgan fingerprint density at radius 2 is 0.804 bits per heavy atom. The average Bonchev–Trinajstić information content (AvgIpc) is 3.11. The Morgan fingerprint density at radius 1 is 0.451 bits per heavy atom. The molecule has 16 nitrogen and oxygen atoms in total. The van der Waals surface area contributed by atoms with E-state index in [1.54, 1.807) is 24.3 Å². The minimum atomic E-state index is -2.10. The molecule has 1 spiro atoms. The lowest BCUT2D eigenvalue weighted by Crippen LogP contribution is -2.62. The van der Waals surface area contributed by atoms with Crippen molar-refractivity contribution in [2.45, 2.75) is 50.6 Å². The van der Waals surface area contributed by atoms with Gasteiger partial charge in [0.25, 0.3) is 0 Å². The Morgan fingerprint density at radius 3 is 1.20 bits per heavy atom. The highest BCUT2D eigenvalue weighted by Gasteiger charge is 2.46. The summed E-state index contributed by atoms with van der Waals surface area (Å²) in [7, 11) is 0. The predicted molar refractivity (Wildman–Crippen MR) is 183 cm³/mol. The van der Waals surface area contributed by atoms with Crippen LogP contribution in [-0.2, 0) is 51.2 Å². The van der Waals surface area contributed by atoms with E-state index < -0.39 is 77.8 Å². The van der Waals surface area contributed by atoms with Crippen LogP contribution in [0.15, 0.2) is 60.7 Å². The molecule has 4 rings (SSSR count). The number of carbonyl (C=O) groups excluding carboxylic acids is 8. The SMILES string of the molecule is O=C1CCNC(=O)C(Cc2ccccc2)NC(=O)CCNC(=O)C2(CN1)CNC(=O)CCNC(=O)[C@H](Cc1ccccc1)NC(=O)CCNC2=O. The molecule has 2 aliphatic rings. The Labute approximate surface area is 295 Å². The van der Waals surface area contributed by atoms with Gasteiger partial charge in [-0.25, -0.2) is 0 Å². The van der Waals surface area contributed by atoms with E-state index in [1.165, 1.54) is 0 Å². The van der Waals surface area contributed by atoms with Gasteiger partial charge in [0, 0.05) is 77.8 Å². The first-order valence-corrected chi connectivity index (χ1v) is 16.9. The quantitative estimate of drug-likeness (QED) is 0.161. The van der Waals surface area contributed by atoms with Gasteiger partial charge in [0.2, 0.25) is 47.3 Å². The topological polar surface area (TPSA) is 233 Å². The van der Waals surface area contributed by atoms with Crippen LogP contribution in [0.2, 0.25) is 0 Å². The second-order valence-electron chi connectivity index (χ2n) is 12.3. The molecular formula is C35H44N8O8. The number of rotatable bonds is 4. The lowest BCUT2D eigenvalue weighted by atomic mass is 9.84. The molecule has 272 valence electrons. The molecule has 0 radical (unpaired) electrons. The third kappa shape index (κ3) is 11.6.